The van der Waals surface area contributed by atoms with Crippen molar-refractivity contribution in [1.29, 1.82) is 0 Å². The number of carbonyl (C=O) groups is 2. The Balaban J connectivity index is 1.37. The quantitative estimate of drug-likeness (QED) is 0.329. The summed E-state index contributed by atoms with van der Waals surface area (Å²) in [6.07, 6.45) is 1.67. The maximum Gasteiger partial charge on any atom is 0.293 e. The summed E-state index contributed by atoms with van der Waals surface area (Å²) in [6, 6.07) is 21.0. The minimum atomic E-state index is -0.333. The predicted octanol–water partition coefficient (Wildman–Crippen LogP) is 6.65. The van der Waals surface area contributed by atoms with E-state index in [1.165, 1.54) is 4.90 Å². The van der Waals surface area contributed by atoms with Crippen LogP contribution in [0.5, 0.6) is 11.5 Å². The van der Waals surface area contributed by atoms with Crippen LogP contribution in [-0.2, 0) is 11.4 Å². The van der Waals surface area contributed by atoms with Crippen molar-refractivity contribution in [2.45, 2.75) is 20.5 Å². The van der Waals surface area contributed by atoms with Crippen molar-refractivity contribution in [3.63, 3.8) is 0 Å². The van der Waals surface area contributed by atoms with Gasteiger partial charge in [-0.05, 0) is 72.1 Å². The Morgan fingerprint density at radius 2 is 1.74 bits per heavy atom. The normalized spacial score (nSPS) is 14.7. The van der Waals surface area contributed by atoms with Crippen LogP contribution in [-0.4, -0.2) is 29.2 Å². The zero-order valence-corrected chi connectivity index (χ0v) is 20.5. The smallest absolute Gasteiger partial charge is 0.293 e. The van der Waals surface area contributed by atoms with Gasteiger partial charge in [0.05, 0.1) is 16.5 Å². The highest BCUT2D eigenvalue weighted by Crippen LogP contribution is 2.34. The van der Waals surface area contributed by atoms with E-state index in [1.54, 1.807) is 18.2 Å². The molecule has 1 saturated heterocycles. The van der Waals surface area contributed by atoms with E-state index in [4.69, 9.17) is 21.1 Å². The number of halogens is 1. The number of rotatable bonds is 8. The van der Waals surface area contributed by atoms with Crippen molar-refractivity contribution >= 4 is 40.6 Å². The lowest BCUT2D eigenvalue weighted by Gasteiger charge is -2.14. The molecule has 1 aliphatic rings. The highest BCUT2D eigenvalue weighted by atomic mass is 35.5. The second-order valence-corrected chi connectivity index (χ2v) is 9.32. The molecule has 0 saturated carbocycles. The van der Waals surface area contributed by atoms with Gasteiger partial charge < -0.3 is 9.47 Å². The standard InChI is InChI=1S/C27H24ClNO4S/c1-18-8-9-19(2)24(14-18)32-13-12-29-26(30)25(34-27(29)31)16-21-10-11-23(22(28)15-21)33-17-20-6-4-3-5-7-20/h3-11,14-16H,12-13,17H2,1-2H3/b25-16-. The number of aryl methyl sites for hydroxylation is 2. The Bertz CT molecular complexity index is 1240. The van der Waals surface area contributed by atoms with Crippen LogP contribution in [0.2, 0.25) is 5.02 Å². The average molecular weight is 494 g/mol. The largest absolute Gasteiger partial charge is 0.491 e. The topological polar surface area (TPSA) is 55.8 Å². The van der Waals surface area contributed by atoms with Gasteiger partial charge in [-0.3, -0.25) is 14.5 Å². The first-order valence-corrected chi connectivity index (χ1v) is 12.0. The zero-order chi connectivity index (χ0) is 24.1. The predicted molar refractivity (Wildman–Crippen MR) is 136 cm³/mol. The van der Waals surface area contributed by atoms with E-state index in [0.29, 0.717) is 27.8 Å². The third-order valence-electron chi connectivity index (χ3n) is 5.28. The monoisotopic (exact) mass is 493 g/mol. The number of imide groups is 1. The molecule has 1 aliphatic heterocycles. The van der Waals surface area contributed by atoms with E-state index in [2.05, 4.69) is 0 Å². The molecule has 7 heteroatoms. The van der Waals surface area contributed by atoms with Gasteiger partial charge in [0.1, 0.15) is 24.7 Å². The van der Waals surface area contributed by atoms with Crippen molar-refractivity contribution in [1.82, 2.24) is 4.90 Å². The van der Waals surface area contributed by atoms with Crippen molar-refractivity contribution in [3.05, 3.63) is 98.9 Å². The first-order valence-electron chi connectivity index (χ1n) is 10.8. The summed E-state index contributed by atoms with van der Waals surface area (Å²) in [4.78, 5) is 26.8. The van der Waals surface area contributed by atoms with E-state index in [1.807, 2.05) is 68.4 Å². The van der Waals surface area contributed by atoms with Gasteiger partial charge in [-0.1, -0.05) is 60.1 Å². The minimum Gasteiger partial charge on any atom is -0.491 e. The molecule has 4 rings (SSSR count). The number of carbonyl (C=O) groups excluding carboxylic acids is 2. The Morgan fingerprint density at radius 3 is 2.50 bits per heavy atom. The lowest BCUT2D eigenvalue weighted by atomic mass is 10.1. The fourth-order valence-electron chi connectivity index (χ4n) is 3.41. The summed E-state index contributed by atoms with van der Waals surface area (Å²) >= 11 is 7.30. The number of nitrogens with zero attached hydrogens (tertiary/aromatic N) is 1. The van der Waals surface area contributed by atoms with E-state index in [0.717, 1.165) is 34.2 Å². The molecule has 0 bridgehead atoms. The van der Waals surface area contributed by atoms with Crippen LogP contribution in [0, 0.1) is 13.8 Å². The van der Waals surface area contributed by atoms with E-state index in [9.17, 15) is 9.59 Å². The van der Waals surface area contributed by atoms with Crippen LogP contribution in [0.15, 0.2) is 71.6 Å². The van der Waals surface area contributed by atoms with Gasteiger partial charge in [0.2, 0.25) is 0 Å². The SMILES string of the molecule is Cc1ccc(C)c(OCCN2C(=O)S/C(=C\c3ccc(OCc4ccccc4)c(Cl)c3)C2=O)c1. The molecule has 34 heavy (non-hydrogen) atoms. The van der Waals surface area contributed by atoms with Gasteiger partial charge in [-0.25, -0.2) is 0 Å². The number of thioether (sulfide) groups is 1. The minimum absolute atomic E-state index is 0.183. The average Bonchev–Trinajstić information content (AvgIpc) is 3.08. The highest BCUT2D eigenvalue weighted by molar-refractivity contribution is 8.18. The molecular formula is C27H24ClNO4S. The summed E-state index contributed by atoms with van der Waals surface area (Å²) < 4.78 is 11.6. The maximum atomic E-state index is 12.8. The van der Waals surface area contributed by atoms with Crippen LogP contribution in [0.25, 0.3) is 6.08 Å². The van der Waals surface area contributed by atoms with Crippen molar-refractivity contribution in [3.8, 4) is 11.5 Å². The van der Waals surface area contributed by atoms with Crippen molar-refractivity contribution in [2.75, 3.05) is 13.2 Å². The molecule has 0 aromatic heterocycles. The first kappa shape index (κ1) is 23.9. The summed E-state index contributed by atoms with van der Waals surface area (Å²) in [6.45, 7) is 4.77. The molecular weight excluding hydrogens is 470 g/mol. The van der Waals surface area contributed by atoms with Gasteiger partial charge in [0.15, 0.2) is 0 Å². The number of hydrogen-bond donors (Lipinski definition) is 0. The second-order valence-electron chi connectivity index (χ2n) is 7.91. The van der Waals surface area contributed by atoms with Crippen LogP contribution in [0.4, 0.5) is 4.79 Å². The molecule has 0 atom stereocenters. The Morgan fingerprint density at radius 1 is 0.941 bits per heavy atom. The zero-order valence-electron chi connectivity index (χ0n) is 18.9. The molecule has 0 spiro atoms. The van der Waals surface area contributed by atoms with Gasteiger partial charge in [0.25, 0.3) is 11.1 Å². The molecule has 0 radical (unpaired) electrons. The summed E-state index contributed by atoms with van der Waals surface area (Å²) in [5, 5.41) is 0.126. The third-order valence-corrected chi connectivity index (χ3v) is 6.48. The molecule has 0 unspecified atom stereocenters. The van der Waals surface area contributed by atoms with E-state index >= 15 is 0 Å². The fourth-order valence-corrected chi connectivity index (χ4v) is 4.52. The summed E-state index contributed by atoms with van der Waals surface area (Å²) in [5.41, 5.74) is 3.85. The van der Waals surface area contributed by atoms with E-state index in [-0.39, 0.29) is 24.3 Å². The Labute approximate surface area is 208 Å². The van der Waals surface area contributed by atoms with E-state index < -0.39 is 0 Å². The number of benzene rings is 3. The lowest BCUT2D eigenvalue weighted by Crippen LogP contribution is -2.32. The third kappa shape index (κ3) is 5.82. The molecule has 3 aromatic carbocycles. The Hall–Kier alpha value is -3.22. The molecule has 1 fully saturated rings. The lowest BCUT2D eigenvalue weighted by molar-refractivity contribution is -0.123. The Kier molecular flexibility index (Phi) is 7.60. The van der Waals surface area contributed by atoms with Crippen LogP contribution < -0.4 is 9.47 Å². The first-order chi connectivity index (χ1) is 16.4. The summed E-state index contributed by atoms with van der Waals surface area (Å²) in [7, 11) is 0. The van der Waals surface area contributed by atoms with Gasteiger partial charge in [-0.15, -0.1) is 0 Å². The molecule has 2 amide bonds. The van der Waals surface area contributed by atoms with Crippen LogP contribution in [0.1, 0.15) is 22.3 Å². The number of ether oxygens (including phenoxy) is 2. The summed E-state index contributed by atoms with van der Waals surface area (Å²) in [5.74, 6) is 0.978. The van der Waals surface area contributed by atoms with Gasteiger partial charge in [-0.2, -0.15) is 0 Å². The van der Waals surface area contributed by atoms with Crippen molar-refractivity contribution < 1.29 is 19.1 Å². The fraction of sp³-hybridized carbons (Fsp3) is 0.185. The molecule has 5 nitrogen and oxygen atoms in total. The highest BCUT2D eigenvalue weighted by Gasteiger charge is 2.34. The number of hydrogen-bond acceptors (Lipinski definition) is 5. The molecule has 0 N–H and O–H groups in total. The maximum absolute atomic E-state index is 12.8. The van der Waals surface area contributed by atoms with Crippen molar-refractivity contribution in [2.24, 2.45) is 0 Å². The van der Waals surface area contributed by atoms with Gasteiger partial charge >= 0.3 is 0 Å². The second kappa shape index (κ2) is 10.8. The van der Waals surface area contributed by atoms with Gasteiger partial charge in [0, 0.05) is 0 Å². The molecule has 3 aromatic rings. The van der Waals surface area contributed by atoms with Crippen LogP contribution in [0.3, 0.4) is 0 Å². The number of amides is 2. The molecule has 174 valence electrons. The molecule has 1 heterocycles. The van der Waals surface area contributed by atoms with Crippen LogP contribution >= 0.6 is 23.4 Å². The molecule has 0 aliphatic carbocycles.